The number of benzene rings is 2. The Morgan fingerprint density at radius 2 is 1.97 bits per heavy atom. The number of aromatic nitrogens is 2. The summed E-state index contributed by atoms with van der Waals surface area (Å²) in [6.45, 7) is 2.86. The van der Waals surface area contributed by atoms with Crippen LogP contribution in [0.4, 0.5) is 4.39 Å². The summed E-state index contributed by atoms with van der Waals surface area (Å²) in [6, 6.07) is 13.4. The van der Waals surface area contributed by atoms with E-state index in [0.717, 1.165) is 18.5 Å². The predicted molar refractivity (Wildman–Crippen MR) is 120 cm³/mol. The van der Waals surface area contributed by atoms with E-state index in [1.807, 2.05) is 10.6 Å². The number of rotatable bonds is 10. The lowest BCUT2D eigenvalue weighted by atomic mass is 10.1. The molecule has 0 aliphatic heterocycles. The molecule has 0 aliphatic rings. The molecule has 0 saturated carbocycles. The number of amides is 2. The molecule has 162 valence electrons. The lowest BCUT2D eigenvalue weighted by Crippen LogP contribution is -2.26. The molecule has 0 radical (unpaired) electrons. The summed E-state index contributed by atoms with van der Waals surface area (Å²) >= 11 is 1.34. The van der Waals surface area contributed by atoms with Crippen molar-refractivity contribution >= 4 is 23.6 Å². The van der Waals surface area contributed by atoms with Gasteiger partial charge in [-0.3, -0.25) is 14.2 Å². The molecule has 0 aliphatic carbocycles. The van der Waals surface area contributed by atoms with Crippen molar-refractivity contribution in [3.8, 4) is 5.69 Å². The Morgan fingerprint density at radius 3 is 2.77 bits per heavy atom. The number of hydrogen-bond acceptors (Lipinski definition) is 4. The zero-order chi connectivity index (χ0) is 22.1. The summed E-state index contributed by atoms with van der Waals surface area (Å²) in [5.74, 6) is -0.414. The Hall–Kier alpha value is -3.13. The molecule has 1 heterocycles. The van der Waals surface area contributed by atoms with Gasteiger partial charge < -0.3 is 10.6 Å². The van der Waals surface area contributed by atoms with Gasteiger partial charge in [0.2, 0.25) is 5.91 Å². The zero-order valence-electron chi connectivity index (χ0n) is 17.3. The van der Waals surface area contributed by atoms with Gasteiger partial charge in [-0.2, -0.15) is 0 Å². The Kier molecular flexibility index (Phi) is 8.23. The van der Waals surface area contributed by atoms with Gasteiger partial charge in [-0.15, -0.1) is 0 Å². The summed E-state index contributed by atoms with van der Waals surface area (Å²) in [7, 11) is 0. The van der Waals surface area contributed by atoms with Crippen LogP contribution < -0.4 is 10.6 Å². The first-order valence-electron chi connectivity index (χ1n) is 10.1. The highest BCUT2D eigenvalue weighted by molar-refractivity contribution is 7.99. The number of hydrogen-bond donors (Lipinski definition) is 2. The van der Waals surface area contributed by atoms with E-state index in [-0.39, 0.29) is 29.9 Å². The van der Waals surface area contributed by atoms with Gasteiger partial charge >= 0.3 is 0 Å². The topological polar surface area (TPSA) is 76.0 Å². The van der Waals surface area contributed by atoms with E-state index < -0.39 is 0 Å². The fraction of sp³-hybridized carbons (Fsp3) is 0.261. The first-order valence-corrected chi connectivity index (χ1v) is 11.1. The maximum atomic E-state index is 13.8. The van der Waals surface area contributed by atoms with Gasteiger partial charge in [-0.1, -0.05) is 49.4 Å². The minimum absolute atomic E-state index is 0.0331. The number of unbranched alkanes of at least 4 members (excludes halogenated alkanes) is 1. The Balaban J connectivity index is 1.64. The molecule has 2 N–H and O–H groups in total. The Bertz CT molecular complexity index is 1040. The van der Waals surface area contributed by atoms with Gasteiger partial charge in [-0.25, -0.2) is 9.37 Å². The minimum atomic E-state index is -0.352. The average Bonchev–Trinajstić information content (AvgIpc) is 3.26. The molecule has 31 heavy (non-hydrogen) atoms. The van der Waals surface area contributed by atoms with Crippen LogP contribution in [-0.2, 0) is 11.3 Å². The highest BCUT2D eigenvalue weighted by Gasteiger charge is 2.12. The predicted octanol–water partition coefficient (Wildman–Crippen LogP) is 3.95. The van der Waals surface area contributed by atoms with E-state index in [0.29, 0.717) is 22.8 Å². The second-order valence-corrected chi connectivity index (χ2v) is 7.84. The molecule has 0 atom stereocenters. The maximum Gasteiger partial charge on any atom is 0.251 e. The minimum Gasteiger partial charge on any atom is -0.355 e. The molecule has 3 rings (SSSR count). The van der Waals surface area contributed by atoms with Crippen LogP contribution in [0, 0.1) is 5.82 Å². The van der Waals surface area contributed by atoms with Crippen molar-refractivity contribution in [1.82, 2.24) is 20.2 Å². The zero-order valence-corrected chi connectivity index (χ0v) is 18.1. The second kappa shape index (κ2) is 11.3. The van der Waals surface area contributed by atoms with E-state index in [4.69, 9.17) is 0 Å². The van der Waals surface area contributed by atoms with Gasteiger partial charge in [0.05, 0.1) is 5.75 Å². The molecule has 8 heteroatoms. The molecule has 2 amide bonds. The van der Waals surface area contributed by atoms with Crippen molar-refractivity contribution in [2.75, 3.05) is 12.3 Å². The number of halogens is 1. The summed E-state index contributed by atoms with van der Waals surface area (Å²) in [6.07, 6.45) is 5.43. The highest BCUT2D eigenvalue weighted by Crippen LogP contribution is 2.21. The smallest absolute Gasteiger partial charge is 0.251 e. The van der Waals surface area contributed by atoms with Gasteiger partial charge in [0.1, 0.15) is 5.82 Å². The number of imidazole rings is 1. The number of nitrogens with zero attached hydrogens (tertiary/aromatic N) is 2. The van der Waals surface area contributed by atoms with Crippen molar-refractivity contribution in [2.45, 2.75) is 31.5 Å². The lowest BCUT2D eigenvalue weighted by molar-refractivity contribution is -0.118. The van der Waals surface area contributed by atoms with Crippen molar-refractivity contribution in [1.29, 1.82) is 0 Å². The largest absolute Gasteiger partial charge is 0.355 e. The van der Waals surface area contributed by atoms with Crippen molar-refractivity contribution in [2.24, 2.45) is 0 Å². The third kappa shape index (κ3) is 6.42. The fourth-order valence-electron chi connectivity index (χ4n) is 2.90. The molecule has 0 saturated heterocycles. The Morgan fingerprint density at radius 1 is 1.13 bits per heavy atom. The average molecular weight is 441 g/mol. The molecule has 3 aromatic rings. The normalized spacial score (nSPS) is 10.6. The first-order chi connectivity index (χ1) is 15.1. The fourth-order valence-corrected chi connectivity index (χ4v) is 3.70. The maximum absolute atomic E-state index is 13.8. The van der Waals surface area contributed by atoms with Crippen LogP contribution in [0.15, 0.2) is 66.1 Å². The van der Waals surface area contributed by atoms with Crippen LogP contribution in [0.3, 0.4) is 0 Å². The van der Waals surface area contributed by atoms with Crippen LogP contribution in [0.1, 0.15) is 35.7 Å². The van der Waals surface area contributed by atoms with Crippen molar-refractivity contribution in [3.63, 3.8) is 0 Å². The molecule has 0 spiro atoms. The molecular weight excluding hydrogens is 415 g/mol. The molecular formula is C23H25FN4O2S. The van der Waals surface area contributed by atoms with Crippen LogP contribution in [0.25, 0.3) is 5.69 Å². The molecule has 6 nitrogen and oxygen atoms in total. The summed E-state index contributed by atoms with van der Waals surface area (Å²) in [4.78, 5) is 28.9. The third-order valence-electron chi connectivity index (χ3n) is 4.58. The van der Waals surface area contributed by atoms with E-state index in [1.54, 1.807) is 48.8 Å². The number of carbonyl (C=O) groups excluding carboxylic acids is 2. The summed E-state index contributed by atoms with van der Waals surface area (Å²) in [5.41, 5.74) is 1.64. The van der Waals surface area contributed by atoms with Gasteiger partial charge in [0, 0.05) is 42.3 Å². The lowest BCUT2D eigenvalue weighted by Gasteiger charge is -2.10. The summed E-state index contributed by atoms with van der Waals surface area (Å²) in [5, 5.41) is 6.29. The van der Waals surface area contributed by atoms with Crippen LogP contribution in [0.2, 0.25) is 0 Å². The number of carbonyl (C=O) groups is 2. The quantitative estimate of drug-likeness (QED) is 0.370. The third-order valence-corrected chi connectivity index (χ3v) is 5.54. The highest BCUT2D eigenvalue weighted by atomic mass is 32.2. The van der Waals surface area contributed by atoms with Crippen LogP contribution >= 0.6 is 11.8 Å². The molecule has 0 fully saturated rings. The van der Waals surface area contributed by atoms with Crippen molar-refractivity contribution in [3.05, 3.63) is 77.9 Å². The van der Waals surface area contributed by atoms with Gasteiger partial charge in [0.25, 0.3) is 5.91 Å². The Labute approximate surface area is 185 Å². The molecule has 1 aromatic heterocycles. The first kappa shape index (κ1) is 22.6. The van der Waals surface area contributed by atoms with Crippen LogP contribution in [0.5, 0.6) is 0 Å². The molecule has 2 aromatic carbocycles. The molecule has 0 bridgehead atoms. The second-order valence-electron chi connectivity index (χ2n) is 6.90. The number of thioether (sulfide) groups is 1. The summed E-state index contributed by atoms with van der Waals surface area (Å²) < 4.78 is 15.6. The van der Waals surface area contributed by atoms with Crippen molar-refractivity contribution < 1.29 is 14.0 Å². The molecule has 0 unspecified atom stereocenters. The van der Waals surface area contributed by atoms with E-state index in [9.17, 15) is 14.0 Å². The van der Waals surface area contributed by atoms with E-state index in [2.05, 4.69) is 22.5 Å². The van der Waals surface area contributed by atoms with E-state index >= 15 is 0 Å². The van der Waals surface area contributed by atoms with E-state index in [1.165, 1.54) is 17.8 Å². The van der Waals surface area contributed by atoms with Crippen LogP contribution in [-0.4, -0.2) is 33.7 Å². The SMILES string of the molecule is CCCCNC(=O)CSc1nccn1-c1cccc(C(=O)NCc2ccccc2F)c1. The van der Waals surface area contributed by atoms with Gasteiger partial charge in [-0.05, 0) is 30.7 Å². The standard InChI is InChI=1S/C23H25FN4O2S/c1-2-3-11-25-21(29)16-31-23-26-12-13-28(23)19-9-6-8-17(14-19)22(30)27-15-18-7-4-5-10-20(18)24/h4-10,12-14H,2-3,11,15-16H2,1H3,(H,25,29)(H,27,30). The van der Waals surface area contributed by atoms with Gasteiger partial charge in [0.15, 0.2) is 5.16 Å². The monoisotopic (exact) mass is 440 g/mol. The number of nitrogens with one attached hydrogen (secondary N) is 2.